The maximum Gasteiger partial charge on any atom is 0.0130 e. The number of rotatable bonds is 1. The fourth-order valence-corrected chi connectivity index (χ4v) is 1.25. The van der Waals surface area contributed by atoms with Gasteiger partial charge in [-0.15, -0.1) is 9.24 Å². The predicted molar refractivity (Wildman–Crippen MR) is 52.6 cm³/mol. The fourth-order valence-electron chi connectivity index (χ4n) is 0.620. The van der Waals surface area contributed by atoms with Crippen molar-refractivity contribution in [2.45, 2.75) is 6.16 Å². The van der Waals surface area contributed by atoms with Crippen LogP contribution in [0.2, 0.25) is 0 Å². The summed E-state index contributed by atoms with van der Waals surface area (Å²) >= 11 is 2.31. The van der Waals surface area contributed by atoms with Gasteiger partial charge < -0.3 is 0 Å². The zero-order valence-corrected chi connectivity index (χ0v) is 8.28. The molecule has 0 heterocycles. The summed E-state index contributed by atoms with van der Waals surface area (Å²) in [6.45, 7) is 0. The van der Waals surface area contributed by atoms with E-state index in [9.17, 15) is 0 Å². The van der Waals surface area contributed by atoms with Gasteiger partial charge in [-0.1, -0.05) is 12.1 Å². The quantitative estimate of drug-likeness (QED) is 0.531. The van der Waals surface area contributed by atoms with Crippen LogP contribution in [0.4, 0.5) is 0 Å². The third kappa shape index (κ3) is 2.23. The van der Waals surface area contributed by atoms with Crippen LogP contribution in [0.15, 0.2) is 24.3 Å². The van der Waals surface area contributed by atoms with Gasteiger partial charge >= 0.3 is 0 Å². The molecule has 1 aromatic rings. The molecule has 48 valence electrons. The monoisotopic (exact) mass is 250 g/mol. The van der Waals surface area contributed by atoms with Crippen LogP contribution in [0.25, 0.3) is 0 Å². The smallest absolute Gasteiger partial charge is 0.0130 e. The van der Waals surface area contributed by atoms with Crippen molar-refractivity contribution in [1.29, 1.82) is 0 Å². The molecule has 0 aliphatic heterocycles. The molecule has 0 saturated carbocycles. The zero-order chi connectivity index (χ0) is 6.69. The van der Waals surface area contributed by atoms with E-state index in [1.807, 2.05) is 0 Å². The molecule has 1 atom stereocenters. The third-order valence-corrected chi connectivity index (χ3v) is 2.34. The molecule has 0 fully saturated rings. The molecule has 0 bridgehead atoms. The van der Waals surface area contributed by atoms with Crippen molar-refractivity contribution in [2.24, 2.45) is 0 Å². The molecule has 2 heteroatoms. The SMILES string of the molecule is PCc1ccc(I)cc1. The average molecular weight is 250 g/mol. The second kappa shape index (κ2) is 3.52. The van der Waals surface area contributed by atoms with Crippen molar-refractivity contribution in [1.82, 2.24) is 0 Å². The minimum Gasteiger partial charge on any atom is -0.133 e. The lowest BCUT2D eigenvalue weighted by atomic mass is 10.2. The van der Waals surface area contributed by atoms with E-state index in [4.69, 9.17) is 0 Å². The number of hydrogen-bond donors (Lipinski definition) is 0. The van der Waals surface area contributed by atoms with Gasteiger partial charge in [0.2, 0.25) is 0 Å². The molecule has 0 radical (unpaired) electrons. The van der Waals surface area contributed by atoms with E-state index in [-0.39, 0.29) is 0 Å². The Labute approximate surface area is 71.4 Å². The van der Waals surface area contributed by atoms with Gasteiger partial charge in [-0.05, 0) is 46.4 Å². The van der Waals surface area contributed by atoms with E-state index >= 15 is 0 Å². The van der Waals surface area contributed by atoms with Crippen molar-refractivity contribution in [3.8, 4) is 0 Å². The van der Waals surface area contributed by atoms with Gasteiger partial charge in [-0.2, -0.15) is 0 Å². The first-order chi connectivity index (χ1) is 4.33. The maximum atomic E-state index is 2.71. The van der Waals surface area contributed by atoms with Crippen LogP contribution in [0.5, 0.6) is 0 Å². The molecular formula is C7H8IP. The molecule has 1 aromatic carbocycles. The lowest BCUT2D eigenvalue weighted by molar-refractivity contribution is 1.41. The first-order valence-corrected chi connectivity index (χ1v) is 4.67. The first-order valence-electron chi connectivity index (χ1n) is 2.77. The number of halogens is 1. The van der Waals surface area contributed by atoms with Gasteiger partial charge in [0.05, 0.1) is 0 Å². The second-order valence-electron chi connectivity index (χ2n) is 1.83. The molecule has 1 unspecified atom stereocenters. The summed E-state index contributed by atoms with van der Waals surface area (Å²) in [7, 11) is 2.71. The maximum absolute atomic E-state index is 2.71. The van der Waals surface area contributed by atoms with Gasteiger partial charge in [0.25, 0.3) is 0 Å². The summed E-state index contributed by atoms with van der Waals surface area (Å²) in [5.74, 6) is 0. The van der Waals surface area contributed by atoms with Gasteiger partial charge in [-0.3, -0.25) is 0 Å². The summed E-state index contributed by atoms with van der Waals surface area (Å²) in [5.41, 5.74) is 1.38. The highest BCUT2D eigenvalue weighted by Crippen LogP contribution is 2.08. The fraction of sp³-hybridized carbons (Fsp3) is 0.143. The molecule has 0 aliphatic carbocycles. The summed E-state index contributed by atoms with van der Waals surface area (Å²) in [5, 5.41) is 0. The lowest BCUT2D eigenvalue weighted by Gasteiger charge is -1.93. The Morgan fingerprint density at radius 1 is 1.22 bits per heavy atom. The molecule has 1 rings (SSSR count). The normalized spacial score (nSPS) is 9.56. The van der Waals surface area contributed by atoms with Crippen LogP contribution in [0, 0.1) is 3.57 Å². The predicted octanol–water partition coefficient (Wildman–Crippen LogP) is 2.67. The summed E-state index contributed by atoms with van der Waals surface area (Å²) in [6.07, 6.45) is 1.05. The Balaban J connectivity index is 2.88. The van der Waals surface area contributed by atoms with Crippen LogP contribution in [0.1, 0.15) is 5.56 Å². The Bertz CT molecular complexity index is 181. The molecule has 0 amide bonds. The lowest BCUT2D eigenvalue weighted by Crippen LogP contribution is -1.75. The van der Waals surface area contributed by atoms with Gasteiger partial charge in [0, 0.05) is 3.57 Å². The van der Waals surface area contributed by atoms with E-state index in [0.29, 0.717) is 0 Å². The minimum absolute atomic E-state index is 1.05. The molecular weight excluding hydrogens is 242 g/mol. The summed E-state index contributed by atoms with van der Waals surface area (Å²) in [4.78, 5) is 0. The first kappa shape index (κ1) is 7.49. The minimum atomic E-state index is 1.05. The van der Waals surface area contributed by atoms with Crippen LogP contribution in [-0.2, 0) is 6.16 Å². The standard InChI is InChI=1S/C7H8IP/c8-7-3-1-6(5-9)2-4-7/h1-4H,5,9H2. The van der Waals surface area contributed by atoms with Crippen molar-refractivity contribution >= 4 is 31.8 Å². The highest BCUT2D eigenvalue weighted by molar-refractivity contribution is 14.1. The summed E-state index contributed by atoms with van der Waals surface area (Å²) < 4.78 is 1.30. The third-order valence-electron chi connectivity index (χ3n) is 1.15. The van der Waals surface area contributed by atoms with E-state index in [0.717, 1.165) is 6.16 Å². The van der Waals surface area contributed by atoms with Gasteiger partial charge in [0.15, 0.2) is 0 Å². The molecule has 0 N–H and O–H groups in total. The van der Waals surface area contributed by atoms with Crippen molar-refractivity contribution in [3.05, 3.63) is 33.4 Å². The van der Waals surface area contributed by atoms with Crippen LogP contribution >= 0.6 is 31.8 Å². The largest absolute Gasteiger partial charge is 0.133 e. The molecule has 0 nitrogen and oxygen atoms in total. The summed E-state index contributed by atoms with van der Waals surface area (Å²) in [6, 6.07) is 8.55. The van der Waals surface area contributed by atoms with Crippen molar-refractivity contribution in [3.63, 3.8) is 0 Å². The van der Waals surface area contributed by atoms with Crippen LogP contribution in [-0.4, -0.2) is 0 Å². The van der Waals surface area contributed by atoms with Crippen LogP contribution in [0.3, 0.4) is 0 Å². The Morgan fingerprint density at radius 3 is 2.22 bits per heavy atom. The Morgan fingerprint density at radius 2 is 1.78 bits per heavy atom. The molecule has 0 aromatic heterocycles. The van der Waals surface area contributed by atoms with Crippen molar-refractivity contribution in [2.75, 3.05) is 0 Å². The topological polar surface area (TPSA) is 0 Å². The molecule has 0 saturated heterocycles. The van der Waals surface area contributed by atoms with E-state index < -0.39 is 0 Å². The number of benzene rings is 1. The second-order valence-corrected chi connectivity index (χ2v) is 3.48. The van der Waals surface area contributed by atoms with E-state index in [1.54, 1.807) is 0 Å². The van der Waals surface area contributed by atoms with Crippen molar-refractivity contribution < 1.29 is 0 Å². The molecule has 9 heavy (non-hydrogen) atoms. The zero-order valence-electron chi connectivity index (χ0n) is 4.97. The molecule has 0 spiro atoms. The number of hydrogen-bond acceptors (Lipinski definition) is 0. The van der Waals surface area contributed by atoms with Gasteiger partial charge in [0.1, 0.15) is 0 Å². The van der Waals surface area contributed by atoms with E-state index in [2.05, 4.69) is 56.1 Å². The van der Waals surface area contributed by atoms with Gasteiger partial charge in [-0.25, -0.2) is 0 Å². The Hall–Kier alpha value is 0.380. The average Bonchev–Trinajstić information content (AvgIpc) is 1.90. The Kier molecular flexibility index (Phi) is 2.93. The highest BCUT2D eigenvalue weighted by Gasteiger charge is 1.86. The highest BCUT2D eigenvalue weighted by atomic mass is 127. The van der Waals surface area contributed by atoms with E-state index in [1.165, 1.54) is 9.13 Å². The van der Waals surface area contributed by atoms with Crippen LogP contribution < -0.4 is 0 Å². The molecule has 0 aliphatic rings.